The lowest BCUT2D eigenvalue weighted by atomic mass is 10.1. The van der Waals surface area contributed by atoms with Crippen molar-refractivity contribution in [2.75, 3.05) is 11.9 Å². The molecule has 1 aromatic rings. The van der Waals surface area contributed by atoms with Crippen molar-refractivity contribution in [1.29, 1.82) is 0 Å². The SMILES string of the molecule is Cc1cc(NC(=O)C2COC(C)C2)c(Br)cc1S(N)(=O)=O. The number of hydrogen-bond acceptors (Lipinski definition) is 4. The standard InChI is InChI=1S/C13H17BrN2O4S/c1-7-3-11(10(14)5-12(7)21(15,18)19)16-13(17)9-4-8(2)20-6-9/h3,5,8-9H,4,6H2,1-2H3,(H,16,17)(H2,15,18,19). The van der Waals surface area contributed by atoms with Crippen LogP contribution in [0.25, 0.3) is 0 Å². The largest absolute Gasteiger partial charge is 0.378 e. The number of benzene rings is 1. The Kier molecular flexibility index (Phi) is 4.72. The smallest absolute Gasteiger partial charge is 0.238 e. The highest BCUT2D eigenvalue weighted by molar-refractivity contribution is 9.10. The van der Waals surface area contributed by atoms with E-state index in [1.165, 1.54) is 6.07 Å². The summed E-state index contributed by atoms with van der Waals surface area (Å²) in [5, 5.41) is 7.93. The van der Waals surface area contributed by atoms with Gasteiger partial charge in [0, 0.05) is 4.47 Å². The zero-order valence-corrected chi connectivity index (χ0v) is 14.1. The molecule has 1 aromatic carbocycles. The van der Waals surface area contributed by atoms with Crippen LogP contribution >= 0.6 is 15.9 Å². The second-order valence-corrected chi connectivity index (χ2v) is 7.59. The maximum atomic E-state index is 12.2. The van der Waals surface area contributed by atoms with Crippen LogP contribution in [0.15, 0.2) is 21.5 Å². The lowest BCUT2D eigenvalue weighted by molar-refractivity contribution is -0.119. The molecule has 0 radical (unpaired) electrons. The van der Waals surface area contributed by atoms with Crippen molar-refractivity contribution in [2.24, 2.45) is 11.1 Å². The van der Waals surface area contributed by atoms with Crippen molar-refractivity contribution in [3.63, 3.8) is 0 Å². The van der Waals surface area contributed by atoms with Gasteiger partial charge in [-0.1, -0.05) is 0 Å². The van der Waals surface area contributed by atoms with E-state index in [9.17, 15) is 13.2 Å². The predicted octanol–water partition coefficient (Wildman–Crippen LogP) is 1.77. The molecule has 6 nitrogen and oxygen atoms in total. The highest BCUT2D eigenvalue weighted by Crippen LogP contribution is 2.29. The molecule has 1 heterocycles. The number of primary sulfonamides is 1. The Bertz CT molecular complexity index is 675. The van der Waals surface area contributed by atoms with Gasteiger partial charge in [-0.3, -0.25) is 4.79 Å². The minimum Gasteiger partial charge on any atom is -0.378 e. The second kappa shape index (κ2) is 6.04. The van der Waals surface area contributed by atoms with Crippen LogP contribution in [0.3, 0.4) is 0 Å². The van der Waals surface area contributed by atoms with Crippen LogP contribution in [-0.2, 0) is 19.6 Å². The van der Waals surface area contributed by atoms with Crippen molar-refractivity contribution in [3.8, 4) is 0 Å². The normalized spacial score (nSPS) is 22.3. The summed E-state index contributed by atoms with van der Waals surface area (Å²) in [6.07, 6.45) is 0.758. The van der Waals surface area contributed by atoms with Gasteiger partial charge in [-0.2, -0.15) is 0 Å². The van der Waals surface area contributed by atoms with E-state index in [0.29, 0.717) is 28.8 Å². The summed E-state index contributed by atoms with van der Waals surface area (Å²) < 4.78 is 28.7. The van der Waals surface area contributed by atoms with E-state index in [-0.39, 0.29) is 22.8 Å². The Labute approximate surface area is 132 Å². The zero-order valence-electron chi connectivity index (χ0n) is 11.7. The first-order valence-electron chi connectivity index (χ1n) is 6.44. The summed E-state index contributed by atoms with van der Waals surface area (Å²) in [6, 6.07) is 2.98. The average Bonchev–Trinajstić information content (AvgIpc) is 2.78. The van der Waals surface area contributed by atoms with Crippen LogP contribution in [-0.4, -0.2) is 27.0 Å². The number of nitrogens with two attached hydrogens (primary N) is 1. The molecule has 0 aliphatic carbocycles. The summed E-state index contributed by atoms with van der Waals surface area (Å²) in [7, 11) is -3.79. The van der Waals surface area contributed by atoms with E-state index in [1.54, 1.807) is 13.0 Å². The van der Waals surface area contributed by atoms with Gasteiger partial charge in [-0.15, -0.1) is 0 Å². The van der Waals surface area contributed by atoms with Crippen LogP contribution in [0.5, 0.6) is 0 Å². The third-order valence-corrected chi connectivity index (χ3v) is 5.11. The Morgan fingerprint density at radius 3 is 2.67 bits per heavy atom. The quantitative estimate of drug-likeness (QED) is 0.839. The van der Waals surface area contributed by atoms with Crippen molar-refractivity contribution < 1.29 is 17.9 Å². The average molecular weight is 377 g/mol. The van der Waals surface area contributed by atoms with Gasteiger partial charge >= 0.3 is 0 Å². The fraction of sp³-hybridized carbons (Fsp3) is 0.462. The first-order chi connectivity index (χ1) is 9.68. The molecular weight excluding hydrogens is 360 g/mol. The van der Waals surface area contributed by atoms with Crippen LogP contribution in [0.2, 0.25) is 0 Å². The molecule has 1 fully saturated rings. The summed E-state index contributed by atoms with van der Waals surface area (Å²) in [4.78, 5) is 12.2. The van der Waals surface area contributed by atoms with Crippen LogP contribution in [0.4, 0.5) is 5.69 Å². The Hall–Kier alpha value is -0.960. The molecule has 21 heavy (non-hydrogen) atoms. The highest BCUT2D eigenvalue weighted by Gasteiger charge is 2.28. The van der Waals surface area contributed by atoms with E-state index in [1.807, 2.05) is 6.92 Å². The summed E-state index contributed by atoms with van der Waals surface area (Å²) >= 11 is 3.26. The van der Waals surface area contributed by atoms with E-state index in [0.717, 1.165) is 0 Å². The van der Waals surface area contributed by atoms with Gasteiger partial charge in [-0.05, 0) is 53.9 Å². The molecule has 1 aliphatic heterocycles. The molecule has 1 aliphatic rings. The molecule has 3 N–H and O–H groups in total. The number of carbonyl (C=O) groups excluding carboxylic acids is 1. The maximum Gasteiger partial charge on any atom is 0.238 e. The Morgan fingerprint density at radius 1 is 1.48 bits per heavy atom. The molecule has 116 valence electrons. The molecule has 1 saturated heterocycles. The van der Waals surface area contributed by atoms with Gasteiger partial charge in [0.05, 0.1) is 29.2 Å². The molecule has 2 atom stereocenters. The first kappa shape index (κ1) is 16.4. The second-order valence-electron chi connectivity index (χ2n) is 5.21. The molecule has 0 bridgehead atoms. The minimum atomic E-state index is -3.79. The highest BCUT2D eigenvalue weighted by atomic mass is 79.9. The number of aryl methyl sites for hydroxylation is 1. The zero-order chi connectivity index (χ0) is 15.8. The molecule has 2 rings (SSSR count). The number of anilines is 1. The number of nitrogens with one attached hydrogen (secondary N) is 1. The van der Waals surface area contributed by atoms with Gasteiger partial charge in [0.15, 0.2) is 0 Å². The number of amides is 1. The third-order valence-electron chi connectivity index (χ3n) is 3.40. The lowest BCUT2D eigenvalue weighted by Gasteiger charge is -2.13. The van der Waals surface area contributed by atoms with Crippen molar-refractivity contribution in [2.45, 2.75) is 31.3 Å². The number of sulfonamides is 1. The van der Waals surface area contributed by atoms with E-state index in [2.05, 4.69) is 21.2 Å². The van der Waals surface area contributed by atoms with Gasteiger partial charge in [0.25, 0.3) is 0 Å². The number of ether oxygens (including phenoxy) is 1. The number of rotatable bonds is 3. The molecule has 8 heteroatoms. The summed E-state index contributed by atoms with van der Waals surface area (Å²) in [5.74, 6) is -0.326. The van der Waals surface area contributed by atoms with Crippen LogP contribution < -0.4 is 10.5 Å². The number of hydrogen-bond donors (Lipinski definition) is 2. The van der Waals surface area contributed by atoms with Crippen molar-refractivity contribution in [1.82, 2.24) is 0 Å². The topological polar surface area (TPSA) is 98.5 Å². The fourth-order valence-electron chi connectivity index (χ4n) is 2.30. The monoisotopic (exact) mass is 376 g/mol. The molecule has 0 aromatic heterocycles. The van der Waals surface area contributed by atoms with Crippen LogP contribution in [0, 0.1) is 12.8 Å². The fourth-order valence-corrected chi connectivity index (χ4v) is 3.68. The summed E-state index contributed by atoms with van der Waals surface area (Å²) in [6.45, 7) is 3.95. The van der Waals surface area contributed by atoms with Gasteiger partial charge in [-0.25, -0.2) is 13.6 Å². The Balaban J connectivity index is 2.22. The minimum absolute atomic E-state index is 0.0326. The molecular formula is C13H17BrN2O4S. The summed E-state index contributed by atoms with van der Waals surface area (Å²) in [5.41, 5.74) is 0.997. The number of carbonyl (C=O) groups is 1. The van der Waals surface area contributed by atoms with E-state index < -0.39 is 10.0 Å². The lowest BCUT2D eigenvalue weighted by Crippen LogP contribution is -2.23. The van der Waals surface area contributed by atoms with Gasteiger partial charge in [0.2, 0.25) is 15.9 Å². The molecule has 0 spiro atoms. The molecule has 1 amide bonds. The van der Waals surface area contributed by atoms with Crippen molar-refractivity contribution in [3.05, 3.63) is 22.2 Å². The molecule has 0 saturated carbocycles. The van der Waals surface area contributed by atoms with Crippen LogP contribution in [0.1, 0.15) is 18.9 Å². The predicted molar refractivity (Wildman–Crippen MR) is 82.4 cm³/mol. The van der Waals surface area contributed by atoms with Crippen molar-refractivity contribution >= 4 is 37.5 Å². The van der Waals surface area contributed by atoms with Gasteiger partial charge in [0.1, 0.15) is 0 Å². The first-order valence-corrected chi connectivity index (χ1v) is 8.78. The maximum absolute atomic E-state index is 12.2. The Morgan fingerprint density at radius 2 is 2.14 bits per heavy atom. The van der Waals surface area contributed by atoms with E-state index >= 15 is 0 Å². The third kappa shape index (κ3) is 3.82. The number of halogens is 1. The van der Waals surface area contributed by atoms with Gasteiger partial charge < -0.3 is 10.1 Å². The van der Waals surface area contributed by atoms with E-state index in [4.69, 9.17) is 9.88 Å². The molecule has 2 unspecified atom stereocenters.